The first kappa shape index (κ1) is 14.7. The Morgan fingerprint density at radius 3 is 2.48 bits per heavy atom. The topological polar surface area (TPSA) is 93.9 Å². The molecule has 2 saturated heterocycles. The molecule has 3 unspecified atom stereocenters. The van der Waals surface area contributed by atoms with Gasteiger partial charge in [0.05, 0.1) is 31.1 Å². The van der Waals surface area contributed by atoms with E-state index in [-0.39, 0.29) is 23.1 Å². The fraction of sp³-hybridized carbons (Fsp3) is 0.800. The van der Waals surface area contributed by atoms with Gasteiger partial charge in [0, 0.05) is 5.41 Å². The first-order chi connectivity index (χ1) is 10.1. The molecule has 0 aromatic carbocycles. The number of aromatic nitrogens is 2. The summed E-state index contributed by atoms with van der Waals surface area (Å²) in [6.07, 6.45) is 6.40. The lowest BCUT2D eigenvalue weighted by Crippen LogP contribution is -2.30. The van der Waals surface area contributed by atoms with Gasteiger partial charge in [-0.05, 0) is 25.7 Å². The van der Waals surface area contributed by atoms with Crippen molar-refractivity contribution >= 4 is 0 Å². The number of aromatic amines is 2. The second kappa shape index (κ2) is 5.85. The fourth-order valence-electron chi connectivity index (χ4n) is 3.25. The van der Waals surface area contributed by atoms with Crippen LogP contribution in [0.5, 0.6) is 5.88 Å². The lowest BCUT2D eigenvalue weighted by atomic mass is 9.72. The van der Waals surface area contributed by atoms with Crippen LogP contribution in [0, 0.1) is 0 Å². The van der Waals surface area contributed by atoms with Crippen molar-refractivity contribution in [3.8, 4) is 5.88 Å². The van der Waals surface area contributed by atoms with E-state index in [9.17, 15) is 9.90 Å². The lowest BCUT2D eigenvalue weighted by molar-refractivity contribution is 0.250. The Bertz CT molecular complexity index is 530. The van der Waals surface area contributed by atoms with Crippen LogP contribution in [-0.2, 0) is 14.9 Å². The van der Waals surface area contributed by atoms with Gasteiger partial charge >= 0.3 is 5.69 Å². The van der Waals surface area contributed by atoms with Crippen LogP contribution in [0.2, 0.25) is 0 Å². The molecular formula is C15H24N2O4. The highest BCUT2D eigenvalue weighted by molar-refractivity contribution is 5.27. The standard InChI is InChI=1S/C15H24N2O4/c1-2-3-5-15(7-11-9-21-11,6-4-10-8-20-10)12-13(18)17-14(19)16-12/h10-11,18H,2-9H2,1H3,(H2,16,17,19). The smallest absolute Gasteiger partial charge is 0.325 e. The largest absolute Gasteiger partial charge is 0.493 e. The average Bonchev–Trinajstić information content (AvgIpc) is 3.35. The highest BCUT2D eigenvalue weighted by Gasteiger charge is 2.43. The quantitative estimate of drug-likeness (QED) is 0.606. The lowest BCUT2D eigenvalue weighted by Gasteiger charge is -2.32. The zero-order chi connectivity index (χ0) is 14.9. The van der Waals surface area contributed by atoms with E-state index in [0.29, 0.717) is 11.8 Å². The van der Waals surface area contributed by atoms with Gasteiger partial charge in [-0.2, -0.15) is 0 Å². The van der Waals surface area contributed by atoms with Crippen LogP contribution < -0.4 is 5.69 Å². The van der Waals surface area contributed by atoms with Gasteiger partial charge in [-0.15, -0.1) is 0 Å². The third-order valence-corrected chi connectivity index (χ3v) is 4.61. The molecule has 0 aliphatic carbocycles. The maximum absolute atomic E-state index is 11.6. The zero-order valence-electron chi connectivity index (χ0n) is 12.5. The Morgan fingerprint density at radius 1 is 1.24 bits per heavy atom. The summed E-state index contributed by atoms with van der Waals surface area (Å²) in [6.45, 7) is 3.77. The summed E-state index contributed by atoms with van der Waals surface area (Å²) in [7, 11) is 0. The van der Waals surface area contributed by atoms with Gasteiger partial charge in [0.25, 0.3) is 0 Å². The Hall–Kier alpha value is -1.27. The molecule has 0 bridgehead atoms. The molecule has 2 aliphatic rings. The maximum atomic E-state index is 11.6. The number of H-pyrrole nitrogens is 2. The van der Waals surface area contributed by atoms with Gasteiger partial charge in [-0.3, -0.25) is 4.98 Å². The van der Waals surface area contributed by atoms with Crippen LogP contribution in [0.3, 0.4) is 0 Å². The van der Waals surface area contributed by atoms with E-state index in [4.69, 9.17) is 9.47 Å². The molecular weight excluding hydrogens is 272 g/mol. The van der Waals surface area contributed by atoms with Gasteiger partial charge in [0.2, 0.25) is 5.88 Å². The van der Waals surface area contributed by atoms with E-state index in [1.165, 1.54) is 0 Å². The van der Waals surface area contributed by atoms with Gasteiger partial charge in [-0.1, -0.05) is 19.8 Å². The Balaban J connectivity index is 1.87. The summed E-state index contributed by atoms with van der Waals surface area (Å²) in [4.78, 5) is 16.8. The third kappa shape index (κ3) is 3.49. The number of ether oxygens (including phenoxy) is 2. The third-order valence-electron chi connectivity index (χ3n) is 4.61. The predicted octanol–water partition coefficient (Wildman–Crippen LogP) is 1.80. The molecule has 0 saturated carbocycles. The van der Waals surface area contributed by atoms with Crippen molar-refractivity contribution < 1.29 is 14.6 Å². The second-order valence-corrected chi connectivity index (χ2v) is 6.34. The number of epoxide rings is 2. The van der Waals surface area contributed by atoms with Crippen LogP contribution >= 0.6 is 0 Å². The number of unbranched alkanes of at least 4 members (excludes halogenated alkanes) is 1. The molecule has 21 heavy (non-hydrogen) atoms. The Labute approximate surface area is 123 Å². The molecule has 118 valence electrons. The molecule has 1 aromatic heterocycles. The van der Waals surface area contributed by atoms with Crippen molar-refractivity contribution in [1.82, 2.24) is 9.97 Å². The van der Waals surface area contributed by atoms with E-state index < -0.39 is 0 Å². The van der Waals surface area contributed by atoms with Crippen LogP contribution in [0.1, 0.15) is 51.1 Å². The van der Waals surface area contributed by atoms with Gasteiger partial charge in [-0.25, -0.2) is 4.79 Å². The monoisotopic (exact) mass is 296 g/mol. The van der Waals surface area contributed by atoms with Crippen LogP contribution in [0.25, 0.3) is 0 Å². The van der Waals surface area contributed by atoms with E-state index in [2.05, 4.69) is 16.9 Å². The van der Waals surface area contributed by atoms with E-state index in [1.54, 1.807) is 0 Å². The minimum Gasteiger partial charge on any atom is -0.493 e. The first-order valence-electron chi connectivity index (χ1n) is 7.88. The van der Waals surface area contributed by atoms with Crippen LogP contribution in [-0.4, -0.2) is 40.5 Å². The van der Waals surface area contributed by atoms with E-state index in [0.717, 1.165) is 51.7 Å². The van der Waals surface area contributed by atoms with Gasteiger partial charge < -0.3 is 19.6 Å². The molecule has 1 aromatic rings. The maximum Gasteiger partial charge on any atom is 0.325 e. The highest BCUT2D eigenvalue weighted by Crippen LogP contribution is 2.44. The van der Waals surface area contributed by atoms with Crippen molar-refractivity contribution in [3.63, 3.8) is 0 Å². The summed E-state index contributed by atoms with van der Waals surface area (Å²) in [5.74, 6) is -0.0199. The number of aromatic hydroxyl groups is 1. The summed E-state index contributed by atoms with van der Waals surface area (Å²) in [5.41, 5.74) is 0.0756. The van der Waals surface area contributed by atoms with Crippen LogP contribution in [0.15, 0.2) is 4.79 Å². The predicted molar refractivity (Wildman–Crippen MR) is 77.6 cm³/mol. The zero-order valence-corrected chi connectivity index (χ0v) is 12.5. The minimum atomic E-state index is -0.345. The van der Waals surface area contributed by atoms with Crippen molar-refractivity contribution in [2.75, 3.05) is 13.2 Å². The highest BCUT2D eigenvalue weighted by atomic mass is 16.6. The Morgan fingerprint density at radius 2 is 1.95 bits per heavy atom. The van der Waals surface area contributed by atoms with Crippen molar-refractivity contribution in [2.24, 2.45) is 0 Å². The molecule has 3 rings (SSSR count). The molecule has 3 N–H and O–H groups in total. The SMILES string of the molecule is CCCCC(CCC1CO1)(CC1CO1)c1[nH]c(=O)[nH]c1O. The molecule has 2 fully saturated rings. The summed E-state index contributed by atoms with van der Waals surface area (Å²) >= 11 is 0. The first-order valence-corrected chi connectivity index (χ1v) is 7.88. The number of imidazole rings is 1. The number of hydrogen-bond donors (Lipinski definition) is 3. The molecule has 0 amide bonds. The average molecular weight is 296 g/mol. The second-order valence-electron chi connectivity index (χ2n) is 6.34. The molecule has 3 heterocycles. The van der Waals surface area contributed by atoms with Gasteiger partial charge in [0.15, 0.2) is 0 Å². The normalized spacial score (nSPS) is 26.5. The van der Waals surface area contributed by atoms with E-state index in [1.807, 2.05) is 0 Å². The van der Waals surface area contributed by atoms with E-state index >= 15 is 0 Å². The van der Waals surface area contributed by atoms with Crippen molar-refractivity contribution in [1.29, 1.82) is 0 Å². The van der Waals surface area contributed by atoms with Crippen molar-refractivity contribution in [2.45, 2.75) is 63.1 Å². The van der Waals surface area contributed by atoms with Crippen LogP contribution in [0.4, 0.5) is 0 Å². The Kier molecular flexibility index (Phi) is 4.08. The summed E-state index contributed by atoms with van der Waals surface area (Å²) in [5, 5.41) is 10.1. The number of rotatable bonds is 9. The summed E-state index contributed by atoms with van der Waals surface area (Å²) in [6, 6.07) is 0. The fourth-order valence-corrected chi connectivity index (χ4v) is 3.25. The number of nitrogens with one attached hydrogen (secondary N) is 2. The summed E-state index contributed by atoms with van der Waals surface area (Å²) < 4.78 is 10.7. The molecule has 3 atom stereocenters. The van der Waals surface area contributed by atoms with Crippen molar-refractivity contribution in [3.05, 3.63) is 16.2 Å². The minimum absolute atomic E-state index is 0.0199. The molecule has 6 heteroatoms. The molecule has 6 nitrogen and oxygen atoms in total. The molecule has 0 radical (unpaired) electrons. The molecule has 0 spiro atoms. The number of hydrogen-bond acceptors (Lipinski definition) is 4. The van der Waals surface area contributed by atoms with Gasteiger partial charge in [0.1, 0.15) is 0 Å². The molecule has 2 aliphatic heterocycles.